The van der Waals surface area contributed by atoms with Crippen LogP contribution >= 0.6 is 22.9 Å². The molecule has 0 bridgehead atoms. The zero-order valence-corrected chi connectivity index (χ0v) is 12.2. The molecule has 96 valence electrons. The van der Waals surface area contributed by atoms with Crippen LogP contribution in [0.1, 0.15) is 0 Å². The predicted octanol–water partition coefficient (Wildman–Crippen LogP) is 6.37. The minimum atomic E-state index is 0.836. The lowest BCUT2D eigenvalue weighted by Gasteiger charge is -2.04. The van der Waals surface area contributed by atoms with Crippen LogP contribution in [0.3, 0.4) is 0 Å². The van der Waals surface area contributed by atoms with Crippen molar-refractivity contribution in [1.29, 1.82) is 0 Å². The van der Waals surface area contributed by atoms with Gasteiger partial charge in [-0.05, 0) is 23.3 Å². The van der Waals surface area contributed by atoms with Crippen LogP contribution in [0.5, 0.6) is 0 Å². The van der Waals surface area contributed by atoms with E-state index in [0.717, 1.165) is 5.02 Å². The molecule has 0 aliphatic carbocycles. The SMILES string of the molecule is Clc1cccc2c1sc1cccc(-c3ccccc3)c12. The summed E-state index contributed by atoms with van der Waals surface area (Å²) in [4.78, 5) is 0. The predicted molar refractivity (Wildman–Crippen MR) is 89.8 cm³/mol. The molecular weight excluding hydrogens is 284 g/mol. The van der Waals surface area contributed by atoms with E-state index in [1.807, 2.05) is 18.2 Å². The van der Waals surface area contributed by atoms with E-state index in [9.17, 15) is 0 Å². The molecule has 0 amide bonds. The van der Waals surface area contributed by atoms with Gasteiger partial charge in [0.15, 0.2) is 0 Å². The molecule has 0 aliphatic rings. The van der Waals surface area contributed by atoms with E-state index >= 15 is 0 Å². The van der Waals surface area contributed by atoms with E-state index in [1.165, 1.54) is 31.3 Å². The van der Waals surface area contributed by atoms with Gasteiger partial charge in [0, 0.05) is 15.5 Å². The highest BCUT2D eigenvalue weighted by Gasteiger charge is 2.11. The van der Waals surface area contributed by atoms with Crippen molar-refractivity contribution in [3.8, 4) is 11.1 Å². The molecule has 2 heteroatoms. The summed E-state index contributed by atoms with van der Waals surface area (Å²) >= 11 is 8.10. The maximum absolute atomic E-state index is 6.34. The molecule has 3 aromatic carbocycles. The maximum atomic E-state index is 6.34. The van der Waals surface area contributed by atoms with E-state index in [1.54, 1.807) is 11.3 Å². The van der Waals surface area contributed by atoms with Crippen molar-refractivity contribution in [1.82, 2.24) is 0 Å². The Balaban J connectivity index is 2.17. The highest BCUT2D eigenvalue weighted by molar-refractivity contribution is 7.26. The lowest BCUT2D eigenvalue weighted by molar-refractivity contribution is 1.67. The van der Waals surface area contributed by atoms with Crippen LogP contribution in [0.2, 0.25) is 5.02 Å². The van der Waals surface area contributed by atoms with Crippen LogP contribution in [0, 0.1) is 0 Å². The van der Waals surface area contributed by atoms with E-state index < -0.39 is 0 Å². The van der Waals surface area contributed by atoms with Gasteiger partial charge < -0.3 is 0 Å². The third-order valence-corrected chi connectivity index (χ3v) is 5.19. The molecule has 0 nitrogen and oxygen atoms in total. The summed E-state index contributed by atoms with van der Waals surface area (Å²) in [5.41, 5.74) is 2.52. The molecule has 4 rings (SSSR count). The lowest BCUT2D eigenvalue weighted by Crippen LogP contribution is -1.78. The highest BCUT2D eigenvalue weighted by atomic mass is 35.5. The quantitative estimate of drug-likeness (QED) is 0.382. The monoisotopic (exact) mass is 294 g/mol. The van der Waals surface area contributed by atoms with Gasteiger partial charge in [-0.2, -0.15) is 0 Å². The van der Waals surface area contributed by atoms with Crippen LogP contribution in [0.4, 0.5) is 0 Å². The van der Waals surface area contributed by atoms with Gasteiger partial charge in [-0.15, -0.1) is 11.3 Å². The summed E-state index contributed by atoms with van der Waals surface area (Å²) in [6.45, 7) is 0. The van der Waals surface area contributed by atoms with Crippen LogP contribution in [0.25, 0.3) is 31.3 Å². The van der Waals surface area contributed by atoms with Crippen LogP contribution in [-0.4, -0.2) is 0 Å². The normalized spacial score (nSPS) is 11.2. The Hall–Kier alpha value is -1.83. The molecule has 4 aromatic rings. The zero-order valence-electron chi connectivity index (χ0n) is 10.6. The van der Waals surface area contributed by atoms with Crippen molar-refractivity contribution in [2.24, 2.45) is 0 Å². The average molecular weight is 295 g/mol. The molecule has 0 spiro atoms. The molecule has 0 saturated carbocycles. The Morgan fingerprint density at radius 1 is 0.750 bits per heavy atom. The Morgan fingerprint density at radius 2 is 1.55 bits per heavy atom. The number of rotatable bonds is 1. The molecule has 0 N–H and O–H groups in total. The third-order valence-electron chi connectivity index (χ3n) is 3.56. The van der Waals surface area contributed by atoms with Crippen molar-refractivity contribution in [3.63, 3.8) is 0 Å². The van der Waals surface area contributed by atoms with Gasteiger partial charge in [-0.1, -0.05) is 66.2 Å². The first-order valence-corrected chi connectivity index (χ1v) is 7.69. The summed E-state index contributed by atoms with van der Waals surface area (Å²) in [5, 5.41) is 3.39. The molecule has 0 fully saturated rings. The van der Waals surface area contributed by atoms with Gasteiger partial charge in [-0.25, -0.2) is 0 Å². The first-order valence-electron chi connectivity index (χ1n) is 6.50. The van der Waals surface area contributed by atoms with E-state index in [-0.39, 0.29) is 0 Å². The molecule has 0 saturated heterocycles. The number of hydrogen-bond acceptors (Lipinski definition) is 1. The minimum absolute atomic E-state index is 0.836. The maximum Gasteiger partial charge on any atom is 0.0584 e. The molecule has 0 atom stereocenters. The largest absolute Gasteiger partial charge is 0.134 e. The van der Waals surface area contributed by atoms with Crippen molar-refractivity contribution in [2.75, 3.05) is 0 Å². The molecular formula is C18H11ClS. The highest BCUT2D eigenvalue weighted by Crippen LogP contribution is 2.42. The molecule has 20 heavy (non-hydrogen) atoms. The number of halogens is 1. The third kappa shape index (κ3) is 1.75. The molecule has 1 aromatic heterocycles. The van der Waals surface area contributed by atoms with E-state index in [2.05, 4.69) is 48.5 Å². The first-order chi connectivity index (χ1) is 9.84. The number of fused-ring (bicyclic) bond motifs is 3. The molecule has 0 unspecified atom stereocenters. The fourth-order valence-electron chi connectivity index (χ4n) is 2.67. The standard InChI is InChI=1S/C18H11ClS/c19-15-10-4-9-14-17-13(12-6-2-1-3-7-12)8-5-11-16(17)20-18(14)15/h1-11H. The van der Waals surface area contributed by atoms with Crippen molar-refractivity contribution in [2.45, 2.75) is 0 Å². The Labute approximate surface area is 126 Å². The van der Waals surface area contributed by atoms with Gasteiger partial charge in [0.2, 0.25) is 0 Å². The van der Waals surface area contributed by atoms with E-state index in [4.69, 9.17) is 11.6 Å². The van der Waals surface area contributed by atoms with Gasteiger partial charge in [0.05, 0.1) is 9.72 Å². The summed E-state index contributed by atoms with van der Waals surface area (Å²) in [6, 6.07) is 23.1. The summed E-state index contributed by atoms with van der Waals surface area (Å²) in [6.07, 6.45) is 0. The van der Waals surface area contributed by atoms with Gasteiger partial charge in [0.1, 0.15) is 0 Å². The first kappa shape index (κ1) is 12.0. The van der Waals surface area contributed by atoms with Crippen LogP contribution in [-0.2, 0) is 0 Å². The van der Waals surface area contributed by atoms with E-state index in [0.29, 0.717) is 0 Å². The zero-order chi connectivity index (χ0) is 13.5. The van der Waals surface area contributed by atoms with Gasteiger partial charge in [0.25, 0.3) is 0 Å². The van der Waals surface area contributed by atoms with Crippen molar-refractivity contribution in [3.05, 3.63) is 71.8 Å². The molecule has 0 aliphatic heterocycles. The average Bonchev–Trinajstić information content (AvgIpc) is 2.88. The van der Waals surface area contributed by atoms with Crippen molar-refractivity contribution >= 4 is 43.1 Å². The Bertz CT molecular complexity index is 907. The van der Waals surface area contributed by atoms with Gasteiger partial charge in [-0.3, -0.25) is 0 Å². The summed E-state index contributed by atoms with van der Waals surface area (Å²) < 4.78 is 2.46. The summed E-state index contributed by atoms with van der Waals surface area (Å²) in [7, 11) is 0. The number of thiophene rings is 1. The summed E-state index contributed by atoms with van der Waals surface area (Å²) in [5.74, 6) is 0. The second-order valence-electron chi connectivity index (χ2n) is 4.76. The number of benzene rings is 3. The smallest absolute Gasteiger partial charge is 0.0584 e. The second kappa shape index (κ2) is 4.62. The minimum Gasteiger partial charge on any atom is -0.134 e. The molecule has 0 radical (unpaired) electrons. The lowest BCUT2D eigenvalue weighted by atomic mass is 10.00. The Kier molecular flexibility index (Phi) is 2.76. The fraction of sp³-hybridized carbons (Fsp3) is 0. The fourth-order valence-corrected chi connectivity index (χ4v) is 4.10. The number of hydrogen-bond donors (Lipinski definition) is 0. The topological polar surface area (TPSA) is 0 Å². The second-order valence-corrected chi connectivity index (χ2v) is 6.22. The van der Waals surface area contributed by atoms with Crippen LogP contribution in [0.15, 0.2) is 66.7 Å². The Morgan fingerprint density at radius 3 is 2.40 bits per heavy atom. The van der Waals surface area contributed by atoms with Gasteiger partial charge >= 0.3 is 0 Å². The van der Waals surface area contributed by atoms with Crippen LogP contribution < -0.4 is 0 Å². The van der Waals surface area contributed by atoms with Crippen molar-refractivity contribution < 1.29 is 0 Å². The molecule has 1 heterocycles.